The second-order valence-corrected chi connectivity index (χ2v) is 10.5. The highest BCUT2D eigenvalue weighted by atomic mass is 35.5. The summed E-state index contributed by atoms with van der Waals surface area (Å²) in [5, 5.41) is 0. The summed E-state index contributed by atoms with van der Waals surface area (Å²) in [4.78, 5) is 5.88. The molecule has 0 heterocycles. The number of quaternary nitrogens is 2. The smallest absolute Gasteiger partial charge is 0.114 e. The van der Waals surface area contributed by atoms with Crippen LogP contribution in [0.1, 0.15) is 111 Å². The van der Waals surface area contributed by atoms with Crippen molar-refractivity contribution in [3.05, 3.63) is 0 Å². The number of unbranched alkanes of at least 4 members (excludes halogenated alkanes) is 11. The minimum atomic E-state index is 0. The molecule has 0 amide bonds. The summed E-state index contributed by atoms with van der Waals surface area (Å²) >= 11 is 0. The molecule has 0 saturated heterocycles. The van der Waals surface area contributed by atoms with Crippen LogP contribution in [0, 0.1) is 0 Å². The second-order valence-electron chi connectivity index (χ2n) is 10.5. The highest BCUT2D eigenvalue weighted by Crippen LogP contribution is 2.14. The van der Waals surface area contributed by atoms with Crippen molar-refractivity contribution in [2.24, 2.45) is 0 Å². The minimum Gasteiger partial charge on any atom is -1.00 e. The van der Waals surface area contributed by atoms with E-state index in [9.17, 15) is 0 Å². The Morgan fingerprint density at radius 3 is 1.20 bits per heavy atom. The van der Waals surface area contributed by atoms with Gasteiger partial charge in [0.1, 0.15) is 6.10 Å². The van der Waals surface area contributed by atoms with Crippen molar-refractivity contribution >= 4 is 0 Å². The first kappa shape index (κ1) is 37.8. The van der Waals surface area contributed by atoms with Crippen LogP contribution in [0.25, 0.3) is 0 Å². The Bertz CT molecular complexity index is 315. The summed E-state index contributed by atoms with van der Waals surface area (Å²) in [5.41, 5.74) is 0. The fourth-order valence-electron chi connectivity index (χ4n) is 3.54. The van der Waals surface area contributed by atoms with E-state index in [4.69, 9.17) is 4.84 Å². The summed E-state index contributed by atoms with van der Waals surface area (Å²) in [5.74, 6) is 0. The van der Waals surface area contributed by atoms with Gasteiger partial charge in [0.15, 0.2) is 0 Å². The molecule has 1 unspecified atom stereocenters. The predicted molar refractivity (Wildman–Crippen MR) is 127 cm³/mol. The zero-order valence-corrected chi connectivity index (χ0v) is 23.8. The van der Waals surface area contributed by atoms with Crippen LogP contribution >= 0.6 is 0 Å². The molecule has 1 atom stereocenters. The Labute approximate surface area is 204 Å². The predicted octanol–water partition coefficient (Wildman–Crippen LogP) is 1.21. The van der Waals surface area contributed by atoms with Crippen LogP contribution in [0.5, 0.6) is 0 Å². The number of hydroxylamine groups is 3. The van der Waals surface area contributed by atoms with Crippen LogP contribution in [0.15, 0.2) is 0 Å². The maximum absolute atomic E-state index is 5.88. The van der Waals surface area contributed by atoms with Crippen molar-refractivity contribution in [3.8, 4) is 0 Å². The summed E-state index contributed by atoms with van der Waals surface area (Å²) in [6, 6.07) is 0. The summed E-state index contributed by atoms with van der Waals surface area (Å²) in [6.45, 7) is 7.97. The normalized spacial score (nSPS) is 12.3. The number of nitrogens with zero attached hydrogens (tertiary/aromatic N) is 2. The van der Waals surface area contributed by atoms with Crippen LogP contribution < -0.4 is 24.8 Å². The van der Waals surface area contributed by atoms with Gasteiger partial charge < -0.3 is 29.3 Å². The van der Waals surface area contributed by atoms with Crippen molar-refractivity contribution < 1.29 is 38.8 Å². The van der Waals surface area contributed by atoms with Gasteiger partial charge in [0.05, 0.1) is 48.8 Å². The SMILES string of the molecule is CCCCCCCCCCCCCCC(C)O[N+](C)(C)C.CCC[N+](C)(C)C.[Cl-].[Cl-]. The maximum Gasteiger partial charge on any atom is 0.114 e. The van der Waals surface area contributed by atoms with E-state index >= 15 is 0 Å². The Balaban J connectivity index is -0.000000323. The van der Waals surface area contributed by atoms with Gasteiger partial charge >= 0.3 is 0 Å². The van der Waals surface area contributed by atoms with E-state index in [1.807, 2.05) is 0 Å². The molecule has 0 bridgehead atoms. The van der Waals surface area contributed by atoms with E-state index < -0.39 is 0 Å². The van der Waals surface area contributed by atoms with Crippen LogP contribution in [0.4, 0.5) is 0 Å². The first-order chi connectivity index (χ1) is 13.0. The van der Waals surface area contributed by atoms with E-state index in [1.165, 1.54) is 96.4 Å². The molecule has 0 fully saturated rings. The molecule has 0 aliphatic heterocycles. The number of halogens is 2. The average Bonchev–Trinajstić information content (AvgIpc) is 2.53. The van der Waals surface area contributed by atoms with Gasteiger partial charge in [-0.25, -0.2) is 4.84 Å². The highest BCUT2D eigenvalue weighted by molar-refractivity contribution is 4.51. The van der Waals surface area contributed by atoms with Crippen LogP contribution in [0.3, 0.4) is 0 Å². The quantitative estimate of drug-likeness (QED) is 0.175. The Kier molecular flexibility index (Phi) is 30.3. The standard InChI is InChI=1S/C19H42NO.C6H16N.2ClH/c1-6-7-8-9-10-11-12-13-14-15-16-17-18-19(2)21-20(3,4)5;1-5-6-7(2,3)4;;/h19H,6-18H2,1-5H3;5-6H2,1-4H3;2*1H/q2*+1;;/p-2. The van der Waals surface area contributed by atoms with Gasteiger partial charge in [-0.05, 0) is 19.8 Å². The molecule has 0 spiro atoms. The molecule has 0 aromatic carbocycles. The molecule has 5 heteroatoms. The Hall–Kier alpha value is 0.460. The lowest BCUT2D eigenvalue weighted by atomic mass is 10.0. The van der Waals surface area contributed by atoms with E-state index in [-0.39, 0.29) is 24.8 Å². The summed E-state index contributed by atoms with van der Waals surface area (Å²) in [7, 11) is 12.9. The molecular formula is C25H58Cl2N2O. The summed E-state index contributed by atoms with van der Waals surface area (Å²) < 4.78 is 1.70. The molecule has 0 radical (unpaired) electrons. The third-order valence-corrected chi connectivity index (χ3v) is 4.85. The largest absolute Gasteiger partial charge is 1.00 e. The molecule has 3 nitrogen and oxygen atoms in total. The van der Waals surface area contributed by atoms with E-state index in [1.54, 1.807) is 0 Å². The molecule has 0 rings (SSSR count). The lowest BCUT2D eigenvalue weighted by molar-refractivity contribution is -1.07. The zero-order chi connectivity index (χ0) is 21.9. The topological polar surface area (TPSA) is 9.23 Å². The fourth-order valence-corrected chi connectivity index (χ4v) is 3.54. The van der Waals surface area contributed by atoms with Crippen molar-refractivity contribution in [1.82, 2.24) is 0 Å². The molecule has 0 aliphatic rings. The van der Waals surface area contributed by atoms with Crippen LogP contribution in [0.2, 0.25) is 0 Å². The molecule has 0 aliphatic carbocycles. The highest BCUT2D eigenvalue weighted by Gasteiger charge is 2.14. The van der Waals surface area contributed by atoms with Crippen molar-refractivity contribution in [1.29, 1.82) is 0 Å². The van der Waals surface area contributed by atoms with Gasteiger partial charge in [-0.15, -0.1) is 0 Å². The third-order valence-electron chi connectivity index (χ3n) is 4.85. The van der Waals surface area contributed by atoms with Gasteiger partial charge in [-0.2, -0.15) is 4.65 Å². The molecular weight excluding hydrogens is 415 g/mol. The zero-order valence-electron chi connectivity index (χ0n) is 22.2. The maximum atomic E-state index is 5.88. The Morgan fingerprint density at radius 2 is 0.933 bits per heavy atom. The third kappa shape index (κ3) is 39.0. The molecule has 30 heavy (non-hydrogen) atoms. The van der Waals surface area contributed by atoms with Gasteiger partial charge in [0, 0.05) is 0 Å². The van der Waals surface area contributed by atoms with Gasteiger partial charge in [-0.1, -0.05) is 90.9 Å². The van der Waals surface area contributed by atoms with Crippen LogP contribution in [-0.4, -0.2) is 64.1 Å². The van der Waals surface area contributed by atoms with Crippen LogP contribution in [-0.2, 0) is 4.84 Å². The van der Waals surface area contributed by atoms with E-state index in [2.05, 4.69) is 63.1 Å². The fraction of sp³-hybridized carbons (Fsp3) is 1.00. The van der Waals surface area contributed by atoms with Gasteiger partial charge in [0.2, 0.25) is 0 Å². The number of rotatable bonds is 17. The van der Waals surface area contributed by atoms with E-state index in [0.717, 1.165) is 4.48 Å². The minimum absolute atomic E-state index is 0. The lowest BCUT2D eigenvalue weighted by Gasteiger charge is -2.25. The summed E-state index contributed by atoms with van der Waals surface area (Å²) in [6.07, 6.45) is 19.9. The van der Waals surface area contributed by atoms with E-state index in [0.29, 0.717) is 10.8 Å². The van der Waals surface area contributed by atoms with Crippen molar-refractivity contribution in [2.75, 3.05) is 48.8 Å². The first-order valence-electron chi connectivity index (χ1n) is 12.3. The van der Waals surface area contributed by atoms with Gasteiger partial charge in [0.25, 0.3) is 0 Å². The molecule has 188 valence electrons. The second kappa shape index (κ2) is 24.1. The molecule has 0 aromatic rings. The Morgan fingerprint density at radius 1 is 0.567 bits per heavy atom. The molecule has 0 saturated carbocycles. The number of hydrogen-bond acceptors (Lipinski definition) is 1. The average molecular weight is 474 g/mol. The van der Waals surface area contributed by atoms with Crippen molar-refractivity contribution in [3.63, 3.8) is 0 Å². The molecule has 0 N–H and O–H groups in total. The number of hydrogen-bond donors (Lipinski definition) is 0. The lowest BCUT2D eigenvalue weighted by Crippen LogP contribution is -3.00. The van der Waals surface area contributed by atoms with Crippen molar-refractivity contribution in [2.45, 2.75) is 117 Å². The van der Waals surface area contributed by atoms with Gasteiger partial charge in [-0.3, -0.25) is 0 Å². The molecule has 0 aromatic heterocycles. The monoisotopic (exact) mass is 472 g/mol. The first-order valence-corrected chi connectivity index (χ1v) is 12.3.